The van der Waals surface area contributed by atoms with Gasteiger partial charge in [-0.25, -0.2) is 0 Å². The van der Waals surface area contributed by atoms with Gasteiger partial charge in [0.05, 0.1) is 17.3 Å². The number of pyridine rings is 1. The fourth-order valence-electron chi connectivity index (χ4n) is 4.81. The summed E-state index contributed by atoms with van der Waals surface area (Å²) in [4.78, 5) is 9.08. The number of ether oxygens (including phenoxy) is 1. The number of hydrogen-bond acceptors (Lipinski definition) is 6. The van der Waals surface area contributed by atoms with Crippen LogP contribution < -0.4 is 21.2 Å². The number of nitrogens with two attached hydrogens (primary N) is 1. The molecule has 0 saturated carbocycles. The van der Waals surface area contributed by atoms with Gasteiger partial charge in [0.15, 0.2) is 0 Å². The Morgan fingerprint density at radius 2 is 1.97 bits per heavy atom. The lowest BCUT2D eigenvalue weighted by atomic mass is 9.92. The quantitative estimate of drug-likeness (QED) is 0.343. The van der Waals surface area contributed by atoms with E-state index >= 15 is 0 Å². The molecule has 4 heterocycles. The fraction of sp³-hybridized carbons (Fsp3) is 0.304. The van der Waals surface area contributed by atoms with Crippen LogP contribution in [0.1, 0.15) is 30.1 Å². The van der Waals surface area contributed by atoms with Crippen LogP contribution in [0.4, 0.5) is 13.2 Å². The lowest BCUT2D eigenvalue weighted by Crippen LogP contribution is -2.67. The van der Waals surface area contributed by atoms with E-state index in [1.807, 2.05) is 36.6 Å². The Morgan fingerprint density at radius 1 is 1.18 bits per heavy atom. The summed E-state index contributed by atoms with van der Waals surface area (Å²) in [5.41, 5.74) is 11.8. The number of nitrogens with one attached hydrogen (secondary N) is 2. The van der Waals surface area contributed by atoms with Gasteiger partial charge in [0.2, 0.25) is 0 Å². The van der Waals surface area contributed by atoms with E-state index in [2.05, 4.69) is 25.5 Å². The first kappa shape index (κ1) is 23.0. The Balaban J connectivity index is 1.46. The summed E-state index contributed by atoms with van der Waals surface area (Å²) < 4.78 is 41.8. The number of allylic oxidation sites excluding steroid dienone is 2. The Bertz CT molecular complexity index is 1150. The van der Waals surface area contributed by atoms with Crippen molar-refractivity contribution in [1.82, 2.24) is 15.7 Å². The van der Waals surface area contributed by atoms with E-state index in [0.29, 0.717) is 11.4 Å². The standard InChI is InChI=1S/C23H23ClF3N6O/c24-22(28)31-21-18(15-6-8-17(9-7-15)34-23(25,26)27)4-3-13-33(21,32-22)16-10-12-30-20(14-16)19-5-1-2-11-29-19/h1-9,11,13,16,20,30,32H,10,12,14,28H2/q+1. The SMILES string of the molecule is NC1(Cl)N=C2C(c3ccc(OC(F)(F)F)cc3)=CC=C[N+]2(C2CCNC(c3ccccn3)C2)N1. The molecule has 1 aromatic heterocycles. The first-order valence-electron chi connectivity index (χ1n) is 10.8. The number of aliphatic imine (C=N–C) groups is 1. The lowest BCUT2D eigenvalue weighted by molar-refractivity contribution is -0.861. The lowest BCUT2D eigenvalue weighted by Gasteiger charge is -2.43. The van der Waals surface area contributed by atoms with Gasteiger partial charge >= 0.3 is 6.36 Å². The second-order valence-corrected chi connectivity index (χ2v) is 9.01. The van der Waals surface area contributed by atoms with Gasteiger partial charge in [0.1, 0.15) is 18.0 Å². The minimum Gasteiger partial charge on any atom is -0.406 e. The number of quaternary nitrogens is 1. The summed E-state index contributed by atoms with van der Waals surface area (Å²) in [6, 6.07) is 11.6. The zero-order chi connectivity index (χ0) is 24.0. The maximum Gasteiger partial charge on any atom is 0.573 e. The molecule has 3 aliphatic rings. The summed E-state index contributed by atoms with van der Waals surface area (Å²) in [5, 5.41) is 1.99. The van der Waals surface area contributed by atoms with Crippen LogP contribution in [0.25, 0.3) is 5.57 Å². The van der Waals surface area contributed by atoms with Crippen molar-refractivity contribution in [2.45, 2.75) is 36.5 Å². The minimum atomic E-state index is -4.75. The van der Waals surface area contributed by atoms with E-state index in [9.17, 15) is 13.2 Å². The largest absolute Gasteiger partial charge is 0.573 e. The van der Waals surface area contributed by atoms with Crippen molar-refractivity contribution in [3.63, 3.8) is 0 Å². The van der Waals surface area contributed by atoms with Gasteiger partial charge < -0.3 is 10.1 Å². The average molecular weight is 492 g/mol. The number of nitrogens with zero attached hydrogens (tertiary/aromatic N) is 3. The van der Waals surface area contributed by atoms with Gasteiger partial charge in [0, 0.05) is 25.6 Å². The molecule has 34 heavy (non-hydrogen) atoms. The maximum atomic E-state index is 12.6. The number of alkyl halides is 4. The molecule has 4 N–H and O–H groups in total. The molecule has 4 atom stereocenters. The molecule has 0 aliphatic carbocycles. The van der Waals surface area contributed by atoms with Gasteiger partial charge in [-0.05, 0) is 42.0 Å². The summed E-state index contributed by atoms with van der Waals surface area (Å²) in [5.74, 6) is 0.314. The van der Waals surface area contributed by atoms with E-state index in [0.717, 1.165) is 30.7 Å². The molecule has 4 unspecified atom stereocenters. The smallest absolute Gasteiger partial charge is 0.406 e. The van der Waals surface area contributed by atoms with Crippen molar-refractivity contribution in [3.8, 4) is 5.75 Å². The van der Waals surface area contributed by atoms with Crippen LogP contribution in [0.2, 0.25) is 0 Å². The van der Waals surface area contributed by atoms with E-state index in [-0.39, 0.29) is 22.4 Å². The first-order chi connectivity index (χ1) is 16.2. The zero-order valence-corrected chi connectivity index (χ0v) is 18.7. The van der Waals surface area contributed by atoms with Crippen LogP contribution in [-0.4, -0.2) is 39.6 Å². The number of aromatic nitrogens is 1. The van der Waals surface area contributed by atoms with Crippen molar-refractivity contribution in [2.24, 2.45) is 10.7 Å². The molecular weight excluding hydrogens is 469 g/mol. The van der Waals surface area contributed by atoms with E-state index in [1.165, 1.54) is 12.1 Å². The van der Waals surface area contributed by atoms with Gasteiger partial charge in [0.25, 0.3) is 11.1 Å². The van der Waals surface area contributed by atoms with E-state index in [4.69, 9.17) is 17.3 Å². The topological polar surface area (TPSA) is 84.6 Å². The summed E-state index contributed by atoms with van der Waals surface area (Å²) in [6.07, 6.45) is 4.28. The monoisotopic (exact) mass is 491 g/mol. The van der Waals surface area contributed by atoms with Crippen LogP contribution in [0.3, 0.4) is 0 Å². The molecular formula is C23H23ClF3N6O+. The first-order valence-corrected chi connectivity index (χ1v) is 11.2. The second-order valence-electron chi connectivity index (χ2n) is 8.43. The molecule has 0 amide bonds. The summed E-state index contributed by atoms with van der Waals surface area (Å²) >= 11 is 6.48. The molecule has 5 rings (SSSR count). The highest BCUT2D eigenvalue weighted by atomic mass is 35.5. The van der Waals surface area contributed by atoms with Crippen molar-refractivity contribution >= 4 is 23.0 Å². The molecule has 0 spiro atoms. The minimum absolute atomic E-state index is 0.0315. The molecule has 11 heteroatoms. The summed E-state index contributed by atoms with van der Waals surface area (Å²) in [6.45, 7) is 0.761. The maximum absolute atomic E-state index is 12.6. The molecule has 0 bridgehead atoms. The van der Waals surface area contributed by atoms with Gasteiger partial charge in [-0.2, -0.15) is 9.58 Å². The zero-order valence-electron chi connectivity index (χ0n) is 18.0. The third-order valence-electron chi connectivity index (χ3n) is 6.18. The summed E-state index contributed by atoms with van der Waals surface area (Å²) in [7, 11) is 0. The number of hydrogen-bond donors (Lipinski definition) is 3. The number of rotatable bonds is 4. The van der Waals surface area contributed by atoms with Crippen LogP contribution in [0, 0.1) is 0 Å². The highest BCUT2D eigenvalue weighted by Crippen LogP contribution is 2.40. The van der Waals surface area contributed by atoms with Crippen molar-refractivity contribution < 1.29 is 22.5 Å². The van der Waals surface area contributed by atoms with E-state index in [1.54, 1.807) is 18.3 Å². The third-order valence-corrected chi connectivity index (χ3v) is 6.35. The number of benzene rings is 1. The third kappa shape index (κ3) is 4.47. The van der Waals surface area contributed by atoms with Crippen molar-refractivity contribution in [1.29, 1.82) is 0 Å². The predicted molar refractivity (Wildman–Crippen MR) is 122 cm³/mol. The van der Waals surface area contributed by atoms with Crippen molar-refractivity contribution in [3.05, 3.63) is 78.3 Å². The molecule has 3 aliphatic heterocycles. The molecule has 0 radical (unpaired) electrons. The highest BCUT2D eigenvalue weighted by molar-refractivity contribution is 6.27. The molecule has 1 aromatic carbocycles. The number of halogens is 4. The van der Waals surface area contributed by atoms with Crippen LogP contribution in [0.5, 0.6) is 5.75 Å². The number of amidine groups is 1. The van der Waals surface area contributed by atoms with Gasteiger partial charge in [-0.15, -0.1) is 13.2 Å². The Labute approximate surface area is 199 Å². The highest BCUT2D eigenvalue weighted by Gasteiger charge is 2.55. The Morgan fingerprint density at radius 3 is 2.68 bits per heavy atom. The van der Waals surface area contributed by atoms with Crippen LogP contribution in [-0.2, 0) is 0 Å². The Hall–Kier alpha value is -2.76. The number of fused-ring (bicyclic) bond motifs is 1. The average Bonchev–Trinajstić information content (AvgIpc) is 3.10. The molecule has 1 fully saturated rings. The Kier molecular flexibility index (Phi) is 5.73. The van der Waals surface area contributed by atoms with Crippen LogP contribution in [0.15, 0.2) is 72.0 Å². The number of piperidine rings is 1. The predicted octanol–water partition coefficient (Wildman–Crippen LogP) is 3.93. The van der Waals surface area contributed by atoms with Gasteiger partial charge in [-0.3, -0.25) is 10.7 Å². The van der Waals surface area contributed by atoms with Crippen molar-refractivity contribution in [2.75, 3.05) is 6.54 Å². The molecule has 7 nitrogen and oxygen atoms in total. The van der Waals surface area contributed by atoms with E-state index < -0.39 is 11.6 Å². The normalized spacial score (nSPS) is 31.0. The van der Waals surface area contributed by atoms with Gasteiger partial charge in [-0.1, -0.05) is 35.2 Å². The molecule has 178 valence electrons. The molecule has 2 aromatic rings. The van der Waals surface area contributed by atoms with Crippen LogP contribution >= 0.6 is 11.6 Å². The molecule has 1 saturated heterocycles. The second kappa shape index (κ2) is 8.47. The fourth-order valence-corrected chi connectivity index (χ4v) is 5.03.